The summed E-state index contributed by atoms with van der Waals surface area (Å²) in [5.74, 6) is -0.283. The highest BCUT2D eigenvalue weighted by Crippen LogP contribution is 2.23. The Balaban J connectivity index is 1.93. The Morgan fingerprint density at radius 1 is 1.36 bits per heavy atom. The molecule has 136 valence electrons. The molecule has 1 atom stereocenters. The van der Waals surface area contributed by atoms with E-state index in [9.17, 15) is 19.7 Å². The highest BCUT2D eigenvalue weighted by Gasteiger charge is 2.32. The molecule has 1 heterocycles. The Kier molecular flexibility index (Phi) is 6.29. The second-order valence-corrected chi connectivity index (χ2v) is 5.83. The van der Waals surface area contributed by atoms with Crippen molar-refractivity contribution >= 4 is 23.4 Å². The summed E-state index contributed by atoms with van der Waals surface area (Å²) in [5.41, 5.74) is 0.0547. The van der Waals surface area contributed by atoms with Crippen LogP contribution in [-0.2, 0) is 9.53 Å². The van der Waals surface area contributed by atoms with Crippen molar-refractivity contribution in [2.75, 3.05) is 38.1 Å². The summed E-state index contributed by atoms with van der Waals surface area (Å²) in [7, 11) is 0. The molecule has 25 heavy (non-hydrogen) atoms. The molecule has 1 aromatic rings. The number of hydrogen-bond donors (Lipinski definition) is 2. The van der Waals surface area contributed by atoms with Gasteiger partial charge < -0.3 is 15.0 Å². The second-order valence-electron chi connectivity index (χ2n) is 5.83. The van der Waals surface area contributed by atoms with Gasteiger partial charge in [0.05, 0.1) is 37.7 Å². The molecule has 1 aliphatic rings. The first kappa shape index (κ1) is 18.7. The molecule has 0 radical (unpaired) electrons. The number of nitro benzene ring substituents is 1. The number of nitro groups is 1. The highest BCUT2D eigenvalue weighted by atomic mass is 16.6. The van der Waals surface area contributed by atoms with Crippen molar-refractivity contribution in [2.24, 2.45) is 0 Å². The van der Waals surface area contributed by atoms with Crippen LogP contribution in [0.5, 0.6) is 0 Å². The monoisotopic (exact) mass is 351 g/mol. The Morgan fingerprint density at radius 2 is 2.00 bits per heavy atom. The lowest BCUT2D eigenvalue weighted by Gasteiger charge is -2.34. The molecule has 9 heteroatoms. The normalized spacial score (nSPS) is 16.2. The van der Waals surface area contributed by atoms with Gasteiger partial charge in [-0.3, -0.25) is 19.8 Å². The minimum atomic E-state index is -0.523. The third-order valence-electron chi connectivity index (χ3n) is 4.30. The summed E-state index contributed by atoms with van der Waals surface area (Å²) in [4.78, 5) is 37.3. The van der Waals surface area contributed by atoms with Gasteiger partial charge in [0.15, 0.2) is 6.04 Å². The first-order chi connectivity index (χ1) is 11.9. The van der Waals surface area contributed by atoms with Crippen LogP contribution >= 0.6 is 0 Å². The number of anilines is 1. The maximum atomic E-state index is 12.4. The number of rotatable bonds is 5. The second kappa shape index (κ2) is 8.43. The summed E-state index contributed by atoms with van der Waals surface area (Å²) < 4.78 is 4.97. The molecule has 1 aromatic carbocycles. The summed E-state index contributed by atoms with van der Waals surface area (Å²) in [6.45, 7) is 6.12. The maximum Gasteiger partial charge on any atom is 0.410 e. The lowest BCUT2D eigenvalue weighted by Crippen LogP contribution is -3.19. The van der Waals surface area contributed by atoms with E-state index >= 15 is 0 Å². The van der Waals surface area contributed by atoms with E-state index in [0.29, 0.717) is 32.8 Å². The lowest BCUT2D eigenvalue weighted by atomic mass is 10.2. The number of nitrogens with zero attached hydrogens (tertiary/aromatic N) is 2. The fraction of sp³-hybridized carbons (Fsp3) is 0.500. The molecule has 0 saturated carbocycles. The van der Waals surface area contributed by atoms with Gasteiger partial charge in [0.25, 0.3) is 11.6 Å². The molecule has 0 aliphatic carbocycles. The Morgan fingerprint density at radius 3 is 2.60 bits per heavy atom. The zero-order valence-corrected chi connectivity index (χ0v) is 14.4. The minimum absolute atomic E-state index is 0.134. The summed E-state index contributed by atoms with van der Waals surface area (Å²) in [6, 6.07) is 5.67. The van der Waals surface area contributed by atoms with Gasteiger partial charge in [0, 0.05) is 6.07 Å². The molecule has 2 N–H and O–H groups in total. The predicted molar refractivity (Wildman–Crippen MR) is 90.5 cm³/mol. The van der Waals surface area contributed by atoms with Crippen LogP contribution in [0.1, 0.15) is 13.8 Å². The molecule has 0 unspecified atom stereocenters. The number of ether oxygens (including phenoxy) is 1. The van der Waals surface area contributed by atoms with Crippen LogP contribution in [0.4, 0.5) is 16.2 Å². The van der Waals surface area contributed by atoms with Gasteiger partial charge in [-0.25, -0.2) is 4.79 Å². The SMILES string of the molecule is CCOC(=O)N1CC[NH+]([C@@H](C)C(=O)Nc2ccccc2[N+](=O)[O-])CC1. The fourth-order valence-electron chi connectivity index (χ4n) is 2.79. The number of hydrogen-bond acceptors (Lipinski definition) is 5. The van der Waals surface area contributed by atoms with Crippen molar-refractivity contribution in [3.63, 3.8) is 0 Å². The van der Waals surface area contributed by atoms with Crippen molar-refractivity contribution in [3.8, 4) is 0 Å². The quantitative estimate of drug-likeness (QED) is 0.585. The molecular weight excluding hydrogens is 328 g/mol. The van der Waals surface area contributed by atoms with Crippen molar-refractivity contribution < 1.29 is 24.1 Å². The van der Waals surface area contributed by atoms with Crippen molar-refractivity contribution in [3.05, 3.63) is 34.4 Å². The van der Waals surface area contributed by atoms with Crippen molar-refractivity contribution in [2.45, 2.75) is 19.9 Å². The van der Waals surface area contributed by atoms with E-state index in [1.807, 2.05) is 0 Å². The van der Waals surface area contributed by atoms with Crippen LogP contribution in [0.25, 0.3) is 0 Å². The molecule has 2 amide bonds. The molecule has 1 saturated heterocycles. The van der Waals surface area contributed by atoms with Crippen LogP contribution in [-0.4, -0.2) is 60.7 Å². The zero-order valence-electron chi connectivity index (χ0n) is 14.4. The number of piperazine rings is 1. The van der Waals surface area contributed by atoms with Crippen LogP contribution in [0, 0.1) is 10.1 Å². The third kappa shape index (κ3) is 4.66. The average Bonchev–Trinajstić information content (AvgIpc) is 2.61. The first-order valence-corrected chi connectivity index (χ1v) is 8.24. The molecule has 0 spiro atoms. The van der Waals surface area contributed by atoms with Crippen LogP contribution in [0.2, 0.25) is 0 Å². The topological polar surface area (TPSA) is 106 Å². The Hall–Kier alpha value is -2.68. The number of para-hydroxylation sites is 2. The smallest absolute Gasteiger partial charge is 0.410 e. The van der Waals surface area contributed by atoms with Crippen molar-refractivity contribution in [1.29, 1.82) is 0 Å². The maximum absolute atomic E-state index is 12.4. The van der Waals surface area contributed by atoms with E-state index in [1.165, 1.54) is 12.1 Å². The van der Waals surface area contributed by atoms with E-state index in [1.54, 1.807) is 30.9 Å². The average molecular weight is 351 g/mol. The van der Waals surface area contributed by atoms with Crippen LogP contribution in [0.15, 0.2) is 24.3 Å². The molecular formula is C16H23N4O5+. The van der Waals surface area contributed by atoms with Gasteiger partial charge >= 0.3 is 6.09 Å². The molecule has 1 fully saturated rings. The lowest BCUT2D eigenvalue weighted by molar-refractivity contribution is -0.917. The van der Waals surface area contributed by atoms with Gasteiger partial charge in [-0.1, -0.05) is 12.1 Å². The van der Waals surface area contributed by atoms with Gasteiger partial charge in [-0.15, -0.1) is 0 Å². The van der Waals surface area contributed by atoms with Crippen LogP contribution < -0.4 is 10.2 Å². The highest BCUT2D eigenvalue weighted by molar-refractivity contribution is 5.95. The summed E-state index contributed by atoms with van der Waals surface area (Å²) in [6.07, 6.45) is -0.335. The summed E-state index contributed by atoms with van der Waals surface area (Å²) >= 11 is 0. The van der Waals surface area contributed by atoms with Gasteiger partial charge in [0.2, 0.25) is 0 Å². The standard InChI is InChI=1S/C16H22N4O5/c1-3-25-16(22)19-10-8-18(9-11-19)12(2)15(21)17-13-6-4-5-7-14(13)20(23)24/h4-7,12H,3,8-11H2,1-2H3,(H,17,21)/p+1/t12-/m0/s1. The minimum Gasteiger partial charge on any atom is -0.450 e. The number of benzene rings is 1. The third-order valence-corrected chi connectivity index (χ3v) is 4.30. The van der Waals surface area contributed by atoms with E-state index in [0.717, 1.165) is 4.90 Å². The fourth-order valence-corrected chi connectivity index (χ4v) is 2.79. The van der Waals surface area contributed by atoms with E-state index in [4.69, 9.17) is 4.74 Å². The zero-order chi connectivity index (χ0) is 18.4. The number of amides is 2. The Bertz CT molecular complexity index is 643. The summed E-state index contributed by atoms with van der Waals surface area (Å²) in [5, 5.41) is 13.7. The molecule has 9 nitrogen and oxygen atoms in total. The number of carbonyl (C=O) groups is 2. The molecule has 0 bridgehead atoms. The number of nitrogens with one attached hydrogen (secondary N) is 2. The van der Waals surface area contributed by atoms with E-state index < -0.39 is 4.92 Å². The Labute approximate surface area is 145 Å². The van der Waals surface area contributed by atoms with Gasteiger partial charge in [0.1, 0.15) is 5.69 Å². The van der Waals surface area contributed by atoms with Crippen molar-refractivity contribution in [1.82, 2.24) is 4.90 Å². The molecule has 0 aromatic heterocycles. The predicted octanol–water partition coefficient (Wildman–Crippen LogP) is 0.279. The largest absolute Gasteiger partial charge is 0.450 e. The van der Waals surface area contributed by atoms with Gasteiger partial charge in [-0.05, 0) is 19.9 Å². The first-order valence-electron chi connectivity index (χ1n) is 8.24. The van der Waals surface area contributed by atoms with Gasteiger partial charge in [-0.2, -0.15) is 0 Å². The molecule has 2 rings (SSSR count). The van der Waals surface area contributed by atoms with Crippen LogP contribution in [0.3, 0.4) is 0 Å². The number of carbonyl (C=O) groups excluding carboxylic acids is 2. The van der Waals surface area contributed by atoms with E-state index in [2.05, 4.69) is 5.32 Å². The number of quaternary nitrogens is 1. The molecule has 1 aliphatic heterocycles. The van der Waals surface area contributed by atoms with E-state index in [-0.39, 0.29) is 29.4 Å².